The molecule has 3 N–H and O–H groups in total. The summed E-state index contributed by atoms with van der Waals surface area (Å²) in [4.78, 5) is 5.27. The van der Waals surface area contributed by atoms with E-state index in [0.717, 1.165) is 32.1 Å². The van der Waals surface area contributed by atoms with Crippen LogP contribution in [0.15, 0.2) is 0 Å². The Balaban J connectivity index is 1.45. The zero-order chi connectivity index (χ0) is 19.2. The summed E-state index contributed by atoms with van der Waals surface area (Å²) in [6.45, 7) is 4.09. The fourth-order valence-corrected chi connectivity index (χ4v) is 8.25. The minimum Gasteiger partial charge on any atom is -0.380 e. The number of fused-ring (bicyclic) bond motifs is 6. The van der Waals surface area contributed by atoms with E-state index in [2.05, 4.69) is 17.9 Å². The Morgan fingerprint density at radius 1 is 0.963 bits per heavy atom. The molecule has 1 saturated heterocycles. The Labute approximate surface area is 158 Å². The van der Waals surface area contributed by atoms with Crippen LogP contribution < -0.4 is 11.0 Å². The van der Waals surface area contributed by atoms with Crippen LogP contribution in [-0.4, -0.2) is 29.0 Å². The largest absolute Gasteiger partial charge is 0.417 e. The topological polar surface area (TPSA) is 53.5 Å². The molecule has 7 heteroatoms. The molecule has 9 atom stereocenters. The van der Waals surface area contributed by atoms with Crippen molar-refractivity contribution in [3.8, 4) is 0 Å². The molecule has 0 aromatic heterocycles. The Bertz CT molecular complexity index is 631. The quantitative estimate of drug-likeness (QED) is 0.592. The maximum Gasteiger partial charge on any atom is 0.417 e. The van der Waals surface area contributed by atoms with Crippen LogP contribution in [0.4, 0.5) is 13.2 Å². The van der Waals surface area contributed by atoms with Gasteiger partial charge in [0, 0.05) is 5.41 Å². The molecule has 4 aliphatic carbocycles. The van der Waals surface area contributed by atoms with Crippen molar-refractivity contribution in [3.63, 3.8) is 0 Å². The molecule has 4 nitrogen and oxygen atoms in total. The summed E-state index contributed by atoms with van der Waals surface area (Å²) in [5.74, 6) is 1.33. The van der Waals surface area contributed by atoms with Crippen molar-refractivity contribution >= 4 is 0 Å². The molecule has 5 fully saturated rings. The molecule has 1 heterocycles. The van der Waals surface area contributed by atoms with Gasteiger partial charge in [0.05, 0.1) is 12.1 Å². The number of nitrogens with one attached hydrogen (secondary N) is 2. The highest BCUT2D eigenvalue weighted by Gasteiger charge is 2.72. The maximum atomic E-state index is 13.8. The highest BCUT2D eigenvalue weighted by atomic mass is 19.4. The molecule has 0 amide bonds. The van der Waals surface area contributed by atoms with Crippen LogP contribution in [0.1, 0.15) is 65.2 Å². The zero-order valence-corrected chi connectivity index (χ0v) is 16.1. The van der Waals surface area contributed by atoms with Gasteiger partial charge >= 0.3 is 6.18 Å². The SMILES string of the molecule is C[C@]12CCC3C(CC[C@@H]4CC5NONC5C[C@]34C)C1CC[C@@]2(O)C(F)(F)F. The van der Waals surface area contributed by atoms with Crippen LogP contribution in [0.3, 0.4) is 0 Å². The van der Waals surface area contributed by atoms with E-state index >= 15 is 0 Å². The molecule has 27 heavy (non-hydrogen) atoms. The van der Waals surface area contributed by atoms with Gasteiger partial charge in [-0.05, 0) is 80.5 Å². The Morgan fingerprint density at radius 2 is 1.67 bits per heavy atom. The normalized spacial score (nSPS) is 57.6. The van der Waals surface area contributed by atoms with Crippen molar-refractivity contribution in [3.05, 3.63) is 0 Å². The fourth-order valence-electron chi connectivity index (χ4n) is 8.25. The molecule has 0 radical (unpaired) electrons. The van der Waals surface area contributed by atoms with E-state index in [9.17, 15) is 18.3 Å². The van der Waals surface area contributed by atoms with Crippen molar-refractivity contribution in [2.45, 2.75) is 89.1 Å². The molecule has 4 saturated carbocycles. The number of rotatable bonds is 0. The number of alkyl halides is 3. The fraction of sp³-hybridized carbons (Fsp3) is 1.00. The van der Waals surface area contributed by atoms with Crippen LogP contribution in [0.5, 0.6) is 0 Å². The van der Waals surface area contributed by atoms with E-state index in [1.54, 1.807) is 6.92 Å². The third kappa shape index (κ3) is 2.26. The van der Waals surface area contributed by atoms with Crippen molar-refractivity contribution in [1.29, 1.82) is 0 Å². The molecule has 0 aromatic carbocycles. The summed E-state index contributed by atoms with van der Waals surface area (Å²) in [6, 6.07) is 0.629. The van der Waals surface area contributed by atoms with E-state index in [0.29, 0.717) is 36.6 Å². The van der Waals surface area contributed by atoms with E-state index in [4.69, 9.17) is 4.94 Å². The number of hydroxylamine groups is 2. The van der Waals surface area contributed by atoms with Crippen molar-refractivity contribution < 1.29 is 23.2 Å². The van der Waals surface area contributed by atoms with Gasteiger partial charge in [-0.15, -0.1) is 0 Å². The smallest absolute Gasteiger partial charge is 0.380 e. The second-order valence-corrected chi connectivity index (χ2v) is 10.5. The minimum atomic E-state index is -4.54. The van der Waals surface area contributed by atoms with Crippen LogP contribution in [0.2, 0.25) is 0 Å². The minimum absolute atomic E-state index is 0.0238. The molecule has 0 bridgehead atoms. The predicted octanol–water partition coefficient (Wildman–Crippen LogP) is 3.71. The Kier molecular flexibility index (Phi) is 3.88. The van der Waals surface area contributed by atoms with Crippen molar-refractivity contribution in [2.24, 2.45) is 34.5 Å². The molecule has 1 aliphatic heterocycles. The summed E-state index contributed by atoms with van der Waals surface area (Å²) in [5, 5.41) is 10.7. The lowest BCUT2D eigenvalue weighted by Gasteiger charge is -2.62. The lowest BCUT2D eigenvalue weighted by Crippen LogP contribution is -2.62. The van der Waals surface area contributed by atoms with E-state index in [1.807, 2.05) is 0 Å². The first kappa shape index (κ1) is 18.6. The van der Waals surface area contributed by atoms with Gasteiger partial charge in [-0.2, -0.15) is 24.1 Å². The second-order valence-electron chi connectivity index (χ2n) is 10.5. The first-order valence-electron chi connectivity index (χ1n) is 10.6. The van der Waals surface area contributed by atoms with Gasteiger partial charge in [-0.25, -0.2) is 4.94 Å². The summed E-state index contributed by atoms with van der Waals surface area (Å²) in [6.07, 6.45) is 1.29. The van der Waals surface area contributed by atoms with Gasteiger partial charge in [0.2, 0.25) is 0 Å². The van der Waals surface area contributed by atoms with E-state index in [-0.39, 0.29) is 23.8 Å². The molecule has 5 unspecified atom stereocenters. The first-order chi connectivity index (χ1) is 12.6. The molecule has 5 aliphatic rings. The average molecular weight is 388 g/mol. The summed E-state index contributed by atoms with van der Waals surface area (Å²) >= 11 is 0. The lowest BCUT2D eigenvalue weighted by molar-refractivity contribution is -0.304. The molecule has 154 valence electrons. The highest BCUT2D eigenvalue weighted by molar-refractivity contribution is 5.17. The lowest BCUT2D eigenvalue weighted by atomic mass is 9.44. The zero-order valence-electron chi connectivity index (χ0n) is 16.1. The standard InChI is InChI=1S/C20H31F3N2O2/c1-17-10-16-15(24-27-25-16)9-11(17)3-4-12-13(17)5-7-18(2)14(12)6-8-19(18,26)20(21,22)23/h11-16,24-26H,3-10H2,1-2H3/t11-,12?,13?,14?,15?,16?,17+,18+,19+/m1/s1. The van der Waals surface area contributed by atoms with Crippen LogP contribution in [0.25, 0.3) is 0 Å². The molecule has 5 rings (SSSR count). The average Bonchev–Trinajstić information content (AvgIpc) is 3.14. The number of hydrogen-bond donors (Lipinski definition) is 3. The Morgan fingerprint density at radius 3 is 2.41 bits per heavy atom. The second kappa shape index (κ2) is 5.61. The van der Waals surface area contributed by atoms with Crippen LogP contribution >= 0.6 is 0 Å². The predicted molar refractivity (Wildman–Crippen MR) is 93.0 cm³/mol. The van der Waals surface area contributed by atoms with Crippen LogP contribution in [-0.2, 0) is 4.94 Å². The number of halogens is 3. The molecular weight excluding hydrogens is 357 g/mol. The molecular formula is C20H31F3N2O2. The summed E-state index contributed by atoms with van der Waals surface area (Å²) in [7, 11) is 0. The third-order valence-corrected chi connectivity index (χ3v) is 9.79. The monoisotopic (exact) mass is 388 g/mol. The van der Waals surface area contributed by atoms with Crippen molar-refractivity contribution in [2.75, 3.05) is 0 Å². The summed E-state index contributed by atoms with van der Waals surface area (Å²) in [5.41, 5.74) is 2.77. The van der Waals surface area contributed by atoms with Gasteiger partial charge in [0.25, 0.3) is 0 Å². The van der Waals surface area contributed by atoms with E-state index in [1.165, 1.54) is 0 Å². The third-order valence-electron chi connectivity index (χ3n) is 9.79. The van der Waals surface area contributed by atoms with Gasteiger partial charge in [0.1, 0.15) is 0 Å². The highest BCUT2D eigenvalue weighted by Crippen LogP contribution is 2.70. The maximum absolute atomic E-state index is 13.8. The number of aliphatic hydroxyl groups is 1. The molecule has 0 spiro atoms. The van der Waals surface area contributed by atoms with Gasteiger partial charge in [0.15, 0.2) is 5.60 Å². The van der Waals surface area contributed by atoms with Gasteiger partial charge < -0.3 is 5.11 Å². The van der Waals surface area contributed by atoms with Crippen LogP contribution in [0, 0.1) is 34.5 Å². The first-order valence-corrected chi connectivity index (χ1v) is 10.6. The summed E-state index contributed by atoms with van der Waals surface area (Å²) < 4.78 is 41.4. The Hall–Kier alpha value is -0.370. The number of hydrogen-bond acceptors (Lipinski definition) is 4. The van der Waals surface area contributed by atoms with Crippen molar-refractivity contribution in [1.82, 2.24) is 11.0 Å². The van der Waals surface area contributed by atoms with E-state index < -0.39 is 17.2 Å². The van der Waals surface area contributed by atoms with Gasteiger partial charge in [-0.3, -0.25) is 0 Å². The van der Waals surface area contributed by atoms with Gasteiger partial charge in [-0.1, -0.05) is 13.8 Å². The molecule has 0 aromatic rings.